The molecule has 33 heavy (non-hydrogen) atoms. The van der Waals surface area contributed by atoms with Gasteiger partial charge in [-0.1, -0.05) is 41.4 Å². The van der Waals surface area contributed by atoms with Crippen molar-refractivity contribution in [1.82, 2.24) is 19.4 Å². The number of pyridine rings is 1. The Balaban J connectivity index is 1.42. The fourth-order valence-corrected chi connectivity index (χ4v) is 4.90. The molecule has 0 amide bonds. The van der Waals surface area contributed by atoms with Crippen molar-refractivity contribution in [2.75, 3.05) is 39.8 Å². The second kappa shape index (κ2) is 9.86. The largest absolute Gasteiger partial charge is 0.347 e. The summed E-state index contributed by atoms with van der Waals surface area (Å²) in [4.78, 5) is 9.51. The maximum absolute atomic E-state index is 6.38. The van der Waals surface area contributed by atoms with E-state index >= 15 is 0 Å². The summed E-state index contributed by atoms with van der Waals surface area (Å²) in [5.74, 6) is 0. The van der Waals surface area contributed by atoms with Gasteiger partial charge in [-0.3, -0.25) is 4.98 Å². The standard InChI is InChI=1S/C27H28Cl2N4/c1-31-11-13-32(14-12-31)9-2-10-33-19-26(25-8-7-24(29)16-27(25)33)22-15-21(17-30-18-22)20-3-5-23(28)6-4-20/h3-8,15-19H,2,9-14H2,1H3. The van der Waals surface area contributed by atoms with E-state index in [0.717, 1.165) is 72.4 Å². The van der Waals surface area contributed by atoms with E-state index in [1.807, 2.05) is 42.7 Å². The van der Waals surface area contributed by atoms with Gasteiger partial charge in [0.25, 0.3) is 0 Å². The highest BCUT2D eigenvalue weighted by atomic mass is 35.5. The highest BCUT2D eigenvalue weighted by Gasteiger charge is 2.15. The number of nitrogens with zero attached hydrogens (tertiary/aromatic N) is 4. The number of hydrogen-bond acceptors (Lipinski definition) is 3. The van der Waals surface area contributed by atoms with Gasteiger partial charge in [0.05, 0.1) is 5.52 Å². The van der Waals surface area contributed by atoms with Crippen LogP contribution < -0.4 is 0 Å². The molecule has 0 spiro atoms. The van der Waals surface area contributed by atoms with E-state index in [1.165, 1.54) is 16.5 Å². The highest BCUT2D eigenvalue weighted by Crippen LogP contribution is 2.34. The number of piperazine rings is 1. The van der Waals surface area contributed by atoms with E-state index in [2.05, 4.69) is 50.8 Å². The molecule has 3 heterocycles. The van der Waals surface area contributed by atoms with Crippen molar-refractivity contribution in [3.63, 3.8) is 0 Å². The Morgan fingerprint density at radius 2 is 1.52 bits per heavy atom. The van der Waals surface area contributed by atoms with Gasteiger partial charge in [-0.25, -0.2) is 0 Å². The zero-order valence-corrected chi connectivity index (χ0v) is 20.4. The molecule has 2 aromatic heterocycles. The Kier molecular flexibility index (Phi) is 6.70. The maximum atomic E-state index is 6.38. The summed E-state index contributed by atoms with van der Waals surface area (Å²) in [7, 11) is 2.20. The van der Waals surface area contributed by atoms with Gasteiger partial charge in [0.1, 0.15) is 0 Å². The lowest BCUT2D eigenvalue weighted by atomic mass is 10.0. The zero-order chi connectivity index (χ0) is 22.8. The molecule has 0 aliphatic carbocycles. The Bertz CT molecular complexity index is 1240. The van der Waals surface area contributed by atoms with Gasteiger partial charge in [0, 0.05) is 83.4 Å². The molecule has 0 atom stereocenters. The third-order valence-corrected chi connectivity index (χ3v) is 7.03. The minimum Gasteiger partial charge on any atom is -0.347 e. The number of aromatic nitrogens is 2. The lowest BCUT2D eigenvalue weighted by Crippen LogP contribution is -2.44. The van der Waals surface area contributed by atoms with Gasteiger partial charge in [0.15, 0.2) is 0 Å². The maximum Gasteiger partial charge on any atom is 0.0501 e. The SMILES string of the molecule is CN1CCN(CCCn2cc(-c3cncc(-c4ccc(Cl)cc4)c3)c3ccc(Cl)cc32)CC1. The van der Waals surface area contributed by atoms with Gasteiger partial charge in [-0.15, -0.1) is 0 Å². The normalized spacial score (nSPS) is 15.4. The number of halogens is 2. The predicted molar refractivity (Wildman–Crippen MR) is 139 cm³/mol. The number of aryl methyl sites for hydroxylation is 1. The van der Waals surface area contributed by atoms with Crippen LogP contribution in [0.15, 0.2) is 67.1 Å². The van der Waals surface area contributed by atoms with Crippen molar-refractivity contribution in [3.8, 4) is 22.3 Å². The van der Waals surface area contributed by atoms with Crippen LogP contribution in [0.4, 0.5) is 0 Å². The molecule has 170 valence electrons. The Morgan fingerprint density at radius 3 is 2.30 bits per heavy atom. The molecular formula is C27H28Cl2N4. The molecular weight excluding hydrogens is 451 g/mol. The summed E-state index contributed by atoms with van der Waals surface area (Å²) < 4.78 is 2.35. The molecule has 4 aromatic rings. The Morgan fingerprint density at radius 1 is 0.788 bits per heavy atom. The topological polar surface area (TPSA) is 24.3 Å². The first-order valence-corrected chi connectivity index (χ1v) is 12.2. The van der Waals surface area contributed by atoms with Crippen LogP contribution in [0.3, 0.4) is 0 Å². The zero-order valence-electron chi connectivity index (χ0n) is 18.8. The lowest BCUT2D eigenvalue weighted by Gasteiger charge is -2.32. The monoisotopic (exact) mass is 478 g/mol. The molecule has 5 rings (SSSR count). The number of benzene rings is 2. The molecule has 0 N–H and O–H groups in total. The number of rotatable bonds is 6. The molecule has 0 radical (unpaired) electrons. The van der Waals surface area contributed by atoms with Gasteiger partial charge in [-0.2, -0.15) is 0 Å². The van der Waals surface area contributed by atoms with Gasteiger partial charge < -0.3 is 14.4 Å². The number of likely N-dealkylation sites (N-methyl/N-ethyl adjacent to an activating group) is 1. The first-order valence-electron chi connectivity index (χ1n) is 11.5. The van der Waals surface area contributed by atoms with Gasteiger partial charge in [-0.05, 0) is 55.9 Å². The van der Waals surface area contributed by atoms with Crippen molar-refractivity contribution >= 4 is 34.1 Å². The van der Waals surface area contributed by atoms with Crippen LogP contribution in [0.25, 0.3) is 33.2 Å². The van der Waals surface area contributed by atoms with Crippen LogP contribution >= 0.6 is 23.2 Å². The van der Waals surface area contributed by atoms with E-state index in [1.54, 1.807) is 0 Å². The van der Waals surface area contributed by atoms with E-state index in [9.17, 15) is 0 Å². The average molecular weight is 479 g/mol. The van der Waals surface area contributed by atoms with Crippen molar-refractivity contribution in [2.24, 2.45) is 0 Å². The molecule has 1 saturated heterocycles. The summed E-state index contributed by atoms with van der Waals surface area (Å²) in [5.41, 5.74) is 5.65. The summed E-state index contributed by atoms with van der Waals surface area (Å²) in [6.07, 6.45) is 7.21. The smallest absolute Gasteiger partial charge is 0.0501 e. The second-order valence-corrected chi connectivity index (χ2v) is 9.74. The van der Waals surface area contributed by atoms with Crippen LogP contribution in [0, 0.1) is 0 Å². The van der Waals surface area contributed by atoms with Crippen molar-refractivity contribution < 1.29 is 0 Å². The third kappa shape index (κ3) is 5.10. The quantitative estimate of drug-likeness (QED) is 0.324. The van der Waals surface area contributed by atoms with E-state index in [4.69, 9.17) is 23.2 Å². The molecule has 0 bridgehead atoms. The van der Waals surface area contributed by atoms with Crippen LogP contribution in [0.5, 0.6) is 0 Å². The molecule has 1 aliphatic heterocycles. The van der Waals surface area contributed by atoms with Crippen LogP contribution in [-0.4, -0.2) is 59.1 Å². The Hall–Kier alpha value is -2.37. The van der Waals surface area contributed by atoms with E-state index in [0.29, 0.717) is 0 Å². The minimum atomic E-state index is 0.736. The summed E-state index contributed by atoms with van der Waals surface area (Å²) in [6.45, 7) is 6.71. The minimum absolute atomic E-state index is 0.736. The third-order valence-electron chi connectivity index (χ3n) is 6.54. The highest BCUT2D eigenvalue weighted by molar-refractivity contribution is 6.31. The molecule has 1 fully saturated rings. The molecule has 0 unspecified atom stereocenters. The summed E-state index contributed by atoms with van der Waals surface area (Å²) >= 11 is 12.5. The fraction of sp³-hybridized carbons (Fsp3) is 0.296. The van der Waals surface area contributed by atoms with Crippen LogP contribution in [0.1, 0.15) is 6.42 Å². The molecule has 0 saturated carbocycles. The first kappa shape index (κ1) is 22.4. The average Bonchev–Trinajstić information content (AvgIpc) is 3.18. The molecule has 2 aromatic carbocycles. The number of fused-ring (bicyclic) bond motifs is 1. The van der Waals surface area contributed by atoms with Crippen molar-refractivity contribution in [2.45, 2.75) is 13.0 Å². The van der Waals surface area contributed by atoms with Crippen molar-refractivity contribution in [1.29, 1.82) is 0 Å². The molecule has 6 heteroatoms. The van der Waals surface area contributed by atoms with Crippen molar-refractivity contribution in [3.05, 3.63) is 77.2 Å². The van der Waals surface area contributed by atoms with E-state index in [-0.39, 0.29) is 0 Å². The van der Waals surface area contributed by atoms with Gasteiger partial charge in [0.2, 0.25) is 0 Å². The summed E-state index contributed by atoms with van der Waals surface area (Å²) in [5, 5.41) is 2.70. The fourth-order valence-electron chi connectivity index (χ4n) is 4.60. The second-order valence-electron chi connectivity index (χ2n) is 8.87. The Labute approximate surface area is 205 Å². The lowest BCUT2D eigenvalue weighted by molar-refractivity contribution is 0.151. The van der Waals surface area contributed by atoms with Crippen LogP contribution in [0.2, 0.25) is 10.0 Å². The van der Waals surface area contributed by atoms with E-state index < -0.39 is 0 Å². The molecule has 1 aliphatic rings. The summed E-state index contributed by atoms with van der Waals surface area (Å²) in [6, 6.07) is 16.3. The molecule has 4 nitrogen and oxygen atoms in total. The predicted octanol–water partition coefficient (Wildman–Crippen LogP) is 6.31. The van der Waals surface area contributed by atoms with Gasteiger partial charge >= 0.3 is 0 Å². The first-order chi connectivity index (χ1) is 16.1. The van der Waals surface area contributed by atoms with Crippen LogP contribution in [-0.2, 0) is 6.54 Å². The number of hydrogen-bond donors (Lipinski definition) is 0.